The number of hydrogen-bond donors (Lipinski definition) is 2. The highest BCUT2D eigenvalue weighted by atomic mass is 16.5. The van der Waals surface area contributed by atoms with Gasteiger partial charge in [0, 0.05) is 25.6 Å². The molecule has 1 unspecified atom stereocenters. The number of rotatable bonds is 6. The average Bonchev–Trinajstić information content (AvgIpc) is 3.15. The Morgan fingerprint density at radius 1 is 1.08 bits per heavy atom. The van der Waals surface area contributed by atoms with E-state index in [4.69, 9.17) is 14.2 Å². The van der Waals surface area contributed by atoms with Crippen LogP contribution < -0.4 is 19.5 Å². The third-order valence-corrected chi connectivity index (χ3v) is 7.48. The molecule has 2 atom stereocenters. The van der Waals surface area contributed by atoms with Gasteiger partial charge < -0.3 is 24.6 Å². The number of carbonyl (C=O) groups is 5. The van der Waals surface area contributed by atoms with Gasteiger partial charge in [-0.1, -0.05) is 0 Å². The number of ether oxygens (including phenoxy) is 3. The van der Waals surface area contributed by atoms with Gasteiger partial charge in [-0.05, 0) is 62.9 Å². The Bertz CT molecular complexity index is 1520. The molecule has 0 bridgehead atoms. The topological polar surface area (TPSA) is 145 Å². The zero-order valence-electron chi connectivity index (χ0n) is 22.7. The highest BCUT2D eigenvalue weighted by Crippen LogP contribution is 2.56. The predicted octanol–water partition coefficient (Wildman–Crippen LogP) is 3.07. The van der Waals surface area contributed by atoms with Crippen molar-refractivity contribution in [3.8, 4) is 23.0 Å². The Labute approximate surface area is 224 Å². The molecule has 2 aliphatic rings. The molecule has 0 spiro atoms. The number of methoxy groups -OCH3 is 1. The summed E-state index contributed by atoms with van der Waals surface area (Å²) in [4.78, 5) is 63.1. The minimum atomic E-state index is -1.65. The van der Waals surface area contributed by atoms with Crippen molar-refractivity contribution in [1.29, 1.82) is 0 Å². The summed E-state index contributed by atoms with van der Waals surface area (Å²) in [5, 5.41) is 13.7. The van der Waals surface area contributed by atoms with Crippen molar-refractivity contribution >= 4 is 29.2 Å². The maximum Gasteiger partial charge on any atom is 0.308 e. The molecule has 10 nitrogen and oxygen atoms in total. The van der Waals surface area contributed by atoms with E-state index in [1.807, 2.05) is 20.8 Å². The number of esters is 1. The van der Waals surface area contributed by atoms with Gasteiger partial charge in [0.2, 0.25) is 0 Å². The molecule has 0 radical (unpaired) electrons. The van der Waals surface area contributed by atoms with Crippen molar-refractivity contribution in [3.05, 3.63) is 57.3 Å². The first-order chi connectivity index (χ1) is 18.2. The first-order valence-corrected chi connectivity index (χ1v) is 12.2. The lowest BCUT2D eigenvalue weighted by Crippen LogP contribution is -2.47. The normalized spacial score (nSPS) is 19.5. The summed E-state index contributed by atoms with van der Waals surface area (Å²) in [6.07, 6.45) is 1.07. The highest BCUT2D eigenvalue weighted by Gasteiger charge is 2.58. The molecule has 2 N–H and O–H groups in total. The lowest BCUT2D eigenvalue weighted by Gasteiger charge is -2.30. The molecule has 2 aromatic carbocycles. The molecule has 4 rings (SSSR count). The van der Waals surface area contributed by atoms with E-state index in [1.165, 1.54) is 27.0 Å². The largest absolute Gasteiger partial charge is 0.507 e. The molecule has 0 aromatic heterocycles. The number of nitrogens with one attached hydrogen (secondary N) is 1. The molecular weight excluding hydrogens is 506 g/mol. The van der Waals surface area contributed by atoms with Gasteiger partial charge >= 0.3 is 5.97 Å². The number of hydrogen-bond acceptors (Lipinski definition) is 9. The zero-order valence-corrected chi connectivity index (χ0v) is 22.7. The number of benzene rings is 2. The molecule has 0 saturated heterocycles. The number of phenolic OH excluding ortho intramolecular Hbond substituents is 1. The maximum atomic E-state index is 13.6. The van der Waals surface area contributed by atoms with Crippen LogP contribution in [0.25, 0.3) is 0 Å². The number of aromatic hydroxyl groups is 1. The second-order valence-electron chi connectivity index (χ2n) is 9.92. The van der Waals surface area contributed by atoms with Crippen LogP contribution in [0, 0.1) is 26.7 Å². The van der Waals surface area contributed by atoms with E-state index < -0.39 is 40.6 Å². The molecule has 1 aliphatic heterocycles. The smallest absolute Gasteiger partial charge is 0.308 e. The van der Waals surface area contributed by atoms with E-state index in [0.29, 0.717) is 5.75 Å². The Morgan fingerprint density at radius 2 is 1.74 bits per heavy atom. The summed E-state index contributed by atoms with van der Waals surface area (Å²) in [6, 6.07) is 2.92. The number of aryl methyl sites for hydroxylation is 1. The Kier molecular flexibility index (Phi) is 6.84. The Balaban J connectivity index is 1.76. The van der Waals surface area contributed by atoms with E-state index in [-0.39, 0.29) is 40.7 Å². The Hall–Kier alpha value is -4.47. The molecule has 1 heterocycles. The van der Waals surface area contributed by atoms with Crippen molar-refractivity contribution < 1.29 is 43.3 Å². The second-order valence-corrected chi connectivity index (χ2v) is 9.92. The number of carbonyl (C=O) groups excluding carboxylic acids is 5. The highest BCUT2D eigenvalue weighted by molar-refractivity contribution is 6.27. The molecule has 10 heteroatoms. The first-order valence-electron chi connectivity index (χ1n) is 12.2. The Morgan fingerprint density at radius 3 is 2.33 bits per heavy atom. The molecule has 1 amide bonds. The molecule has 204 valence electrons. The second kappa shape index (κ2) is 9.68. The number of fused-ring (bicyclic) bond motifs is 3. The first kappa shape index (κ1) is 27.6. The molecule has 39 heavy (non-hydrogen) atoms. The van der Waals surface area contributed by atoms with Crippen molar-refractivity contribution in [1.82, 2.24) is 5.32 Å². The quantitative estimate of drug-likeness (QED) is 0.324. The summed E-state index contributed by atoms with van der Waals surface area (Å²) in [7, 11) is 1.31. The van der Waals surface area contributed by atoms with E-state index >= 15 is 0 Å². The van der Waals surface area contributed by atoms with Crippen LogP contribution in [0.15, 0.2) is 24.0 Å². The van der Waals surface area contributed by atoms with Crippen LogP contribution >= 0.6 is 0 Å². The fourth-order valence-corrected chi connectivity index (χ4v) is 5.24. The van der Waals surface area contributed by atoms with Gasteiger partial charge in [0.25, 0.3) is 5.91 Å². The van der Waals surface area contributed by atoms with Crippen molar-refractivity contribution in [2.45, 2.75) is 53.5 Å². The van der Waals surface area contributed by atoms with Gasteiger partial charge in [0.1, 0.15) is 45.7 Å². The van der Waals surface area contributed by atoms with Gasteiger partial charge in [-0.15, -0.1) is 0 Å². The van der Waals surface area contributed by atoms with E-state index in [0.717, 1.165) is 35.3 Å². The minimum absolute atomic E-state index is 0.0108. The number of amides is 1. The summed E-state index contributed by atoms with van der Waals surface area (Å²) in [5.74, 6) is -4.82. The summed E-state index contributed by atoms with van der Waals surface area (Å²) >= 11 is 0. The van der Waals surface area contributed by atoms with E-state index in [2.05, 4.69) is 5.32 Å². The summed E-state index contributed by atoms with van der Waals surface area (Å²) in [6.45, 7) is 9.51. The fourth-order valence-electron chi connectivity index (χ4n) is 5.24. The van der Waals surface area contributed by atoms with Crippen LogP contribution in [0.4, 0.5) is 0 Å². The van der Waals surface area contributed by atoms with Gasteiger partial charge in [0.15, 0.2) is 17.3 Å². The lowest BCUT2D eigenvalue weighted by molar-refractivity contribution is -0.140. The zero-order chi connectivity index (χ0) is 29.0. The van der Waals surface area contributed by atoms with Crippen LogP contribution in [0.5, 0.6) is 23.0 Å². The van der Waals surface area contributed by atoms with Gasteiger partial charge in [-0.3, -0.25) is 24.0 Å². The van der Waals surface area contributed by atoms with Crippen molar-refractivity contribution in [2.24, 2.45) is 5.92 Å². The number of allylic oxidation sites excluding steroid dienone is 2. The number of ketones is 3. The minimum Gasteiger partial charge on any atom is -0.507 e. The van der Waals surface area contributed by atoms with Gasteiger partial charge in [0.05, 0.1) is 12.7 Å². The fraction of sp³-hybridized carbons (Fsp3) is 0.345. The maximum absolute atomic E-state index is 13.6. The van der Waals surface area contributed by atoms with E-state index in [9.17, 15) is 29.1 Å². The van der Waals surface area contributed by atoms with Gasteiger partial charge in [-0.25, -0.2) is 0 Å². The van der Waals surface area contributed by atoms with Crippen LogP contribution in [0.3, 0.4) is 0 Å². The third kappa shape index (κ3) is 4.25. The molecular formula is C29H29NO9. The lowest BCUT2D eigenvalue weighted by atomic mass is 9.67. The molecule has 1 aliphatic carbocycles. The number of phenols is 1. The standard InChI is InChI=1S/C29H29NO9/c1-12-8-20(38-16(5)32)14(3)13(2)17(12)11-30-28(36)24-21(37-7)9-19(34)25-26(24)39-22-10-18(33)23(15(4)31)27(35)29(22,25)6/h8-10,23,34H,11H2,1-7H3,(H,30,36)/t23?,29-/m1/s1. The van der Waals surface area contributed by atoms with Crippen LogP contribution in [-0.4, -0.2) is 41.4 Å². The summed E-state index contributed by atoms with van der Waals surface area (Å²) in [5.41, 5.74) is 1.43. The molecule has 0 saturated carbocycles. The average molecular weight is 536 g/mol. The van der Waals surface area contributed by atoms with E-state index in [1.54, 1.807) is 6.07 Å². The van der Waals surface area contributed by atoms with Crippen molar-refractivity contribution in [2.75, 3.05) is 7.11 Å². The molecule has 2 aromatic rings. The predicted molar refractivity (Wildman–Crippen MR) is 138 cm³/mol. The third-order valence-electron chi connectivity index (χ3n) is 7.48. The summed E-state index contributed by atoms with van der Waals surface area (Å²) < 4.78 is 16.5. The van der Waals surface area contributed by atoms with Crippen LogP contribution in [0.2, 0.25) is 0 Å². The SMILES string of the molecule is COc1cc(O)c2c(c1C(=O)NCc1c(C)cc(OC(C)=O)c(C)c1C)OC1=CC(=O)C(C(C)=O)C(=O)[C@]12C. The molecule has 0 fully saturated rings. The number of Topliss-reactive ketones (excluding diaryl/α,β-unsaturated/α-hetero) is 2. The van der Waals surface area contributed by atoms with Crippen LogP contribution in [-0.2, 0) is 31.1 Å². The van der Waals surface area contributed by atoms with Gasteiger partial charge in [-0.2, -0.15) is 0 Å². The monoisotopic (exact) mass is 535 g/mol. The van der Waals surface area contributed by atoms with Crippen molar-refractivity contribution in [3.63, 3.8) is 0 Å². The van der Waals surface area contributed by atoms with Crippen LogP contribution in [0.1, 0.15) is 58.9 Å².